The Hall–Kier alpha value is -2.86. The number of amides is 1. The summed E-state index contributed by atoms with van der Waals surface area (Å²) >= 11 is 0. The summed E-state index contributed by atoms with van der Waals surface area (Å²) in [5.41, 5.74) is -0.203. The van der Waals surface area contributed by atoms with E-state index in [9.17, 15) is 9.59 Å². The fourth-order valence-corrected chi connectivity index (χ4v) is 2.43. The van der Waals surface area contributed by atoms with Gasteiger partial charge >= 0.3 is 5.63 Å². The Labute approximate surface area is 138 Å². The van der Waals surface area contributed by atoms with Crippen LogP contribution in [0.5, 0.6) is 0 Å². The maximum absolute atomic E-state index is 12.8. The van der Waals surface area contributed by atoms with Gasteiger partial charge in [-0.25, -0.2) is 4.79 Å². The monoisotopic (exact) mass is 327 g/mol. The first-order valence-electron chi connectivity index (χ1n) is 7.52. The van der Waals surface area contributed by atoms with Crippen LogP contribution in [0.15, 0.2) is 62.4 Å². The van der Waals surface area contributed by atoms with Crippen molar-refractivity contribution in [2.75, 3.05) is 20.3 Å². The fraction of sp³-hybridized carbons (Fsp3) is 0.222. The highest BCUT2D eigenvalue weighted by molar-refractivity contribution is 5.96. The minimum absolute atomic E-state index is 0.00337. The Kier molecular flexibility index (Phi) is 4.77. The second kappa shape index (κ2) is 7.14. The van der Waals surface area contributed by atoms with Crippen LogP contribution in [0.4, 0.5) is 0 Å². The van der Waals surface area contributed by atoms with Crippen LogP contribution in [0.1, 0.15) is 16.1 Å². The van der Waals surface area contributed by atoms with E-state index in [1.807, 2.05) is 6.07 Å². The average molecular weight is 327 g/mol. The molecule has 0 N–H and O–H groups in total. The van der Waals surface area contributed by atoms with Crippen LogP contribution >= 0.6 is 0 Å². The number of ether oxygens (including phenoxy) is 1. The predicted octanol–water partition coefficient (Wildman–Crippen LogP) is 2.67. The number of fused-ring (bicyclic) bond motifs is 1. The Morgan fingerprint density at radius 3 is 2.79 bits per heavy atom. The molecule has 0 aliphatic heterocycles. The molecular formula is C18H17NO5. The zero-order chi connectivity index (χ0) is 16.9. The molecule has 0 unspecified atom stereocenters. The lowest BCUT2D eigenvalue weighted by atomic mass is 10.1. The van der Waals surface area contributed by atoms with Gasteiger partial charge in [0.15, 0.2) is 0 Å². The summed E-state index contributed by atoms with van der Waals surface area (Å²) in [7, 11) is 1.56. The second-order valence-corrected chi connectivity index (χ2v) is 5.28. The molecule has 2 heterocycles. The molecule has 0 bridgehead atoms. The minimum Gasteiger partial charge on any atom is -0.467 e. The van der Waals surface area contributed by atoms with Gasteiger partial charge in [0.25, 0.3) is 5.91 Å². The quantitative estimate of drug-likeness (QED) is 0.651. The Morgan fingerprint density at radius 1 is 1.21 bits per heavy atom. The zero-order valence-corrected chi connectivity index (χ0v) is 13.2. The maximum atomic E-state index is 12.8. The van der Waals surface area contributed by atoms with Gasteiger partial charge < -0.3 is 18.5 Å². The number of methoxy groups -OCH3 is 1. The molecule has 0 saturated carbocycles. The van der Waals surface area contributed by atoms with Crippen LogP contribution in [0.2, 0.25) is 0 Å². The van der Waals surface area contributed by atoms with Gasteiger partial charge in [-0.1, -0.05) is 18.2 Å². The molecule has 1 amide bonds. The van der Waals surface area contributed by atoms with Crippen LogP contribution in [-0.4, -0.2) is 31.1 Å². The van der Waals surface area contributed by atoms with Gasteiger partial charge in [-0.2, -0.15) is 0 Å². The SMILES string of the molecule is COCCN(Cc1ccco1)C(=O)c1cc2ccccc2oc1=O. The van der Waals surface area contributed by atoms with Crippen molar-refractivity contribution in [3.63, 3.8) is 0 Å². The van der Waals surface area contributed by atoms with Crippen molar-refractivity contribution in [3.05, 3.63) is 70.5 Å². The van der Waals surface area contributed by atoms with Crippen molar-refractivity contribution < 1.29 is 18.4 Å². The number of furan rings is 1. The van der Waals surface area contributed by atoms with E-state index >= 15 is 0 Å². The molecular weight excluding hydrogens is 310 g/mol. The van der Waals surface area contributed by atoms with Gasteiger partial charge in [-0.3, -0.25) is 4.79 Å². The van der Waals surface area contributed by atoms with Crippen molar-refractivity contribution in [2.24, 2.45) is 0 Å². The minimum atomic E-state index is -0.652. The lowest BCUT2D eigenvalue weighted by Crippen LogP contribution is -2.35. The lowest BCUT2D eigenvalue weighted by Gasteiger charge is -2.21. The van der Waals surface area contributed by atoms with Gasteiger partial charge in [-0.15, -0.1) is 0 Å². The molecule has 0 atom stereocenters. The van der Waals surface area contributed by atoms with Gasteiger partial charge in [-0.05, 0) is 24.3 Å². The van der Waals surface area contributed by atoms with Crippen LogP contribution in [0.3, 0.4) is 0 Å². The van der Waals surface area contributed by atoms with Crippen molar-refractivity contribution in [2.45, 2.75) is 6.54 Å². The first kappa shape index (κ1) is 16.0. The number of carbonyl (C=O) groups excluding carboxylic acids is 1. The molecule has 3 rings (SSSR count). The van der Waals surface area contributed by atoms with Crippen LogP contribution in [0, 0.1) is 0 Å². The van der Waals surface area contributed by atoms with E-state index in [0.717, 1.165) is 0 Å². The molecule has 0 radical (unpaired) electrons. The smallest absolute Gasteiger partial charge is 0.349 e. The molecule has 6 heteroatoms. The molecule has 1 aromatic carbocycles. The first-order valence-corrected chi connectivity index (χ1v) is 7.52. The number of rotatable bonds is 6. The largest absolute Gasteiger partial charge is 0.467 e. The third-order valence-corrected chi connectivity index (χ3v) is 3.65. The first-order chi connectivity index (χ1) is 11.7. The molecule has 0 aliphatic rings. The van der Waals surface area contributed by atoms with Crippen molar-refractivity contribution in [1.29, 1.82) is 0 Å². The third kappa shape index (κ3) is 3.38. The van der Waals surface area contributed by atoms with Crippen molar-refractivity contribution in [3.8, 4) is 0 Å². The van der Waals surface area contributed by atoms with E-state index in [4.69, 9.17) is 13.6 Å². The van der Waals surface area contributed by atoms with Gasteiger partial charge in [0.1, 0.15) is 16.9 Å². The van der Waals surface area contributed by atoms with Gasteiger partial charge in [0.2, 0.25) is 0 Å². The standard InChI is InChI=1S/C18H17NO5/c1-22-10-8-19(12-14-6-4-9-23-14)17(20)15-11-13-5-2-3-7-16(13)24-18(15)21/h2-7,9,11H,8,10,12H2,1H3. The topological polar surface area (TPSA) is 72.9 Å². The lowest BCUT2D eigenvalue weighted by molar-refractivity contribution is 0.0662. The molecule has 3 aromatic rings. The number of carbonyl (C=O) groups is 1. The van der Waals surface area contributed by atoms with Gasteiger partial charge in [0.05, 0.1) is 19.4 Å². The average Bonchev–Trinajstić information content (AvgIpc) is 3.10. The fourth-order valence-electron chi connectivity index (χ4n) is 2.43. The Balaban J connectivity index is 1.93. The Morgan fingerprint density at radius 2 is 2.04 bits per heavy atom. The summed E-state index contributed by atoms with van der Waals surface area (Å²) in [5.74, 6) is 0.215. The summed E-state index contributed by atoms with van der Waals surface area (Å²) in [4.78, 5) is 26.5. The van der Waals surface area contributed by atoms with Gasteiger partial charge in [0, 0.05) is 19.0 Å². The van der Waals surface area contributed by atoms with E-state index in [0.29, 0.717) is 29.9 Å². The Bertz CT molecular complexity index is 882. The highest BCUT2D eigenvalue weighted by Crippen LogP contribution is 2.15. The van der Waals surface area contributed by atoms with E-state index in [1.165, 1.54) is 4.90 Å². The molecule has 0 fully saturated rings. The second-order valence-electron chi connectivity index (χ2n) is 5.28. The third-order valence-electron chi connectivity index (χ3n) is 3.65. The number of benzene rings is 1. The number of para-hydroxylation sites is 1. The highest BCUT2D eigenvalue weighted by atomic mass is 16.5. The summed E-state index contributed by atoms with van der Waals surface area (Å²) < 4.78 is 15.6. The van der Waals surface area contributed by atoms with Crippen molar-refractivity contribution in [1.82, 2.24) is 4.90 Å². The predicted molar refractivity (Wildman–Crippen MR) is 87.8 cm³/mol. The number of hydrogen-bond donors (Lipinski definition) is 0. The zero-order valence-electron chi connectivity index (χ0n) is 13.2. The van der Waals surface area contributed by atoms with Crippen LogP contribution in [0.25, 0.3) is 11.0 Å². The van der Waals surface area contributed by atoms with Crippen molar-refractivity contribution >= 4 is 16.9 Å². The highest BCUT2D eigenvalue weighted by Gasteiger charge is 2.21. The van der Waals surface area contributed by atoms with E-state index in [1.54, 1.807) is 49.8 Å². The van der Waals surface area contributed by atoms with E-state index < -0.39 is 11.5 Å². The molecule has 6 nitrogen and oxygen atoms in total. The van der Waals surface area contributed by atoms with E-state index in [2.05, 4.69) is 0 Å². The number of hydrogen-bond acceptors (Lipinski definition) is 5. The summed E-state index contributed by atoms with van der Waals surface area (Å²) in [6.07, 6.45) is 1.54. The molecule has 0 aliphatic carbocycles. The molecule has 124 valence electrons. The van der Waals surface area contributed by atoms with Crippen LogP contribution in [-0.2, 0) is 11.3 Å². The molecule has 24 heavy (non-hydrogen) atoms. The molecule has 0 spiro atoms. The van der Waals surface area contributed by atoms with E-state index in [-0.39, 0.29) is 12.1 Å². The molecule has 0 saturated heterocycles. The summed E-state index contributed by atoms with van der Waals surface area (Å²) in [6.45, 7) is 0.940. The normalized spacial score (nSPS) is 10.9. The molecule has 2 aromatic heterocycles. The maximum Gasteiger partial charge on any atom is 0.349 e. The van der Waals surface area contributed by atoms with Crippen LogP contribution < -0.4 is 5.63 Å². The summed E-state index contributed by atoms with van der Waals surface area (Å²) in [5, 5.41) is 0.699. The number of nitrogens with zero attached hydrogens (tertiary/aromatic N) is 1. The summed E-state index contributed by atoms with van der Waals surface area (Å²) in [6, 6.07) is 12.2.